The van der Waals surface area contributed by atoms with Crippen LogP contribution in [0.1, 0.15) is 24.2 Å². The molecule has 0 aromatic heterocycles. The van der Waals surface area contributed by atoms with Crippen LogP contribution in [0.5, 0.6) is 5.75 Å². The minimum Gasteiger partial charge on any atom is -0.502 e. The zero-order valence-electron chi connectivity index (χ0n) is 12.2. The third-order valence-electron chi connectivity index (χ3n) is 3.88. The van der Waals surface area contributed by atoms with Gasteiger partial charge in [0.25, 0.3) is 5.91 Å². The molecule has 1 heterocycles. The molecule has 7 heteroatoms. The lowest BCUT2D eigenvalue weighted by atomic mass is 10.1. The van der Waals surface area contributed by atoms with Crippen LogP contribution in [0.2, 0.25) is 0 Å². The van der Waals surface area contributed by atoms with Crippen molar-refractivity contribution in [2.75, 3.05) is 26.2 Å². The van der Waals surface area contributed by atoms with E-state index in [2.05, 4.69) is 18.7 Å². The number of amides is 1. The molecule has 7 nitrogen and oxygen atoms in total. The number of carbonyl (C=O) groups is 1. The van der Waals surface area contributed by atoms with E-state index >= 15 is 0 Å². The number of nitro benzene ring substituents is 1. The summed E-state index contributed by atoms with van der Waals surface area (Å²) in [5, 5.41) is 20.3. The highest BCUT2D eigenvalue weighted by molar-refractivity contribution is 5.95. The number of likely N-dealkylation sites (N-methyl/N-ethyl adjacent to an activating group) is 1. The van der Waals surface area contributed by atoms with E-state index in [-0.39, 0.29) is 17.5 Å². The summed E-state index contributed by atoms with van der Waals surface area (Å²) in [6, 6.07) is 3.99. The zero-order chi connectivity index (χ0) is 15.6. The third-order valence-corrected chi connectivity index (χ3v) is 3.88. The van der Waals surface area contributed by atoms with Gasteiger partial charge in [-0.3, -0.25) is 19.8 Å². The quantitative estimate of drug-likeness (QED) is 0.673. The lowest BCUT2D eigenvalue weighted by Crippen LogP contribution is -2.53. The molecule has 0 aliphatic carbocycles. The highest BCUT2D eigenvalue weighted by atomic mass is 16.6. The van der Waals surface area contributed by atoms with Crippen molar-refractivity contribution in [2.45, 2.75) is 19.9 Å². The molecule has 1 unspecified atom stereocenters. The minimum atomic E-state index is -0.675. The van der Waals surface area contributed by atoms with Crippen molar-refractivity contribution in [1.82, 2.24) is 9.80 Å². The summed E-state index contributed by atoms with van der Waals surface area (Å²) in [6.45, 7) is 7.14. The summed E-state index contributed by atoms with van der Waals surface area (Å²) >= 11 is 0. The predicted molar refractivity (Wildman–Crippen MR) is 77.4 cm³/mol. The molecule has 114 valence electrons. The van der Waals surface area contributed by atoms with Crippen molar-refractivity contribution in [3.8, 4) is 5.75 Å². The third kappa shape index (κ3) is 3.13. The van der Waals surface area contributed by atoms with E-state index in [0.717, 1.165) is 25.2 Å². The average Bonchev–Trinajstić information content (AvgIpc) is 2.45. The molecule has 0 saturated carbocycles. The van der Waals surface area contributed by atoms with Gasteiger partial charge in [-0.1, -0.05) is 6.92 Å². The number of phenolic OH excluding ortho intramolecular Hbond substituents is 1. The van der Waals surface area contributed by atoms with E-state index < -0.39 is 16.4 Å². The van der Waals surface area contributed by atoms with Crippen LogP contribution in [-0.2, 0) is 0 Å². The average molecular weight is 293 g/mol. The molecule has 1 atom stereocenters. The molecule has 21 heavy (non-hydrogen) atoms. The van der Waals surface area contributed by atoms with Gasteiger partial charge in [-0.25, -0.2) is 0 Å². The van der Waals surface area contributed by atoms with Gasteiger partial charge in [-0.15, -0.1) is 0 Å². The summed E-state index contributed by atoms with van der Waals surface area (Å²) in [6.07, 6.45) is 0. The number of hydrogen-bond acceptors (Lipinski definition) is 5. The lowest BCUT2D eigenvalue weighted by Gasteiger charge is -2.39. The van der Waals surface area contributed by atoms with Gasteiger partial charge in [0.2, 0.25) is 0 Å². The van der Waals surface area contributed by atoms with Gasteiger partial charge in [-0.05, 0) is 25.6 Å². The number of benzene rings is 1. The van der Waals surface area contributed by atoms with Crippen molar-refractivity contribution in [3.63, 3.8) is 0 Å². The van der Waals surface area contributed by atoms with Gasteiger partial charge in [-0.2, -0.15) is 0 Å². The largest absolute Gasteiger partial charge is 0.502 e. The maximum atomic E-state index is 12.4. The van der Waals surface area contributed by atoms with Crippen molar-refractivity contribution in [2.24, 2.45) is 0 Å². The number of rotatable bonds is 3. The molecule has 1 amide bonds. The molecular formula is C14H19N3O4. The van der Waals surface area contributed by atoms with Crippen LogP contribution in [0.25, 0.3) is 0 Å². The van der Waals surface area contributed by atoms with Gasteiger partial charge in [0.05, 0.1) is 4.92 Å². The van der Waals surface area contributed by atoms with Crippen LogP contribution < -0.4 is 0 Å². The highest BCUT2D eigenvalue weighted by Crippen LogP contribution is 2.27. The van der Waals surface area contributed by atoms with Crippen molar-refractivity contribution >= 4 is 11.6 Å². The highest BCUT2D eigenvalue weighted by Gasteiger charge is 2.27. The molecule has 0 radical (unpaired) electrons. The summed E-state index contributed by atoms with van der Waals surface area (Å²) in [4.78, 5) is 26.4. The minimum absolute atomic E-state index is 0.206. The first kappa shape index (κ1) is 15.2. The SMILES string of the molecule is CCN1CCN(C(=O)c2ccc([N+](=O)[O-])c(O)c2)CC1C. The normalized spacial score (nSPS) is 19.5. The number of hydrogen-bond donors (Lipinski definition) is 1. The Morgan fingerprint density at radius 1 is 1.48 bits per heavy atom. The van der Waals surface area contributed by atoms with E-state index in [4.69, 9.17) is 0 Å². The zero-order valence-corrected chi connectivity index (χ0v) is 12.2. The predicted octanol–water partition coefficient (Wildman–Crippen LogP) is 1.47. The maximum absolute atomic E-state index is 12.4. The fourth-order valence-electron chi connectivity index (χ4n) is 2.64. The second kappa shape index (κ2) is 6.09. The Hall–Kier alpha value is -2.15. The topological polar surface area (TPSA) is 86.9 Å². The Balaban J connectivity index is 2.14. The molecule has 1 aromatic rings. The number of aromatic hydroxyl groups is 1. The first-order chi connectivity index (χ1) is 9.93. The molecule has 1 aliphatic heterocycles. The van der Waals surface area contributed by atoms with Crippen LogP contribution in [0.15, 0.2) is 18.2 Å². The fraction of sp³-hybridized carbons (Fsp3) is 0.500. The summed E-state index contributed by atoms with van der Waals surface area (Å²) in [5.41, 5.74) is -0.119. The van der Waals surface area contributed by atoms with Gasteiger partial charge in [0.15, 0.2) is 5.75 Å². The Labute approximate surface area is 122 Å². The van der Waals surface area contributed by atoms with E-state index in [0.29, 0.717) is 13.1 Å². The molecule has 0 spiro atoms. The summed E-state index contributed by atoms with van der Waals surface area (Å²) in [5.74, 6) is -0.686. The summed E-state index contributed by atoms with van der Waals surface area (Å²) in [7, 11) is 0. The smallest absolute Gasteiger partial charge is 0.310 e. The Morgan fingerprint density at radius 2 is 2.19 bits per heavy atom. The second-order valence-electron chi connectivity index (χ2n) is 5.19. The van der Waals surface area contributed by atoms with Gasteiger partial charge in [0.1, 0.15) is 0 Å². The molecular weight excluding hydrogens is 274 g/mol. The summed E-state index contributed by atoms with van der Waals surface area (Å²) < 4.78 is 0. The first-order valence-corrected chi connectivity index (χ1v) is 6.94. The number of carbonyl (C=O) groups excluding carboxylic acids is 1. The lowest BCUT2D eigenvalue weighted by molar-refractivity contribution is -0.385. The van der Waals surface area contributed by atoms with E-state index in [1.165, 1.54) is 6.07 Å². The van der Waals surface area contributed by atoms with Crippen molar-refractivity contribution in [1.29, 1.82) is 0 Å². The Morgan fingerprint density at radius 3 is 2.71 bits per heavy atom. The molecule has 1 fully saturated rings. The van der Waals surface area contributed by atoms with E-state index in [1.807, 2.05) is 0 Å². The molecule has 2 rings (SSSR count). The van der Waals surface area contributed by atoms with Crippen LogP contribution in [0, 0.1) is 10.1 Å². The van der Waals surface area contributed by atoms with Gasteiger partial charge >= 0.3 is 5.69 Å². The molecule has 1 aromatic carbocycles. The second-order valence-corrected chi connectivity index (χ2v) is 5.19. The fourth-order valence-corrected chi connectivity index (χ4v) is 2.64. The molecule has 0 bridgehead atoms. The molecule has 1 aliphatic rings. The number of nitro groups is 1. The number of piperazine rings is 1. The number of phenols is 1. The first-order valence-electron chi connectivity index (χ1n) is 6.94. The van der Waals surface area contributed by atoms with Crippen LogP contribution in [-0.4, -0.2) is 58.0 Å². The van der Waals surface area contributed by atoms with Crippen LogP contribution >= 0.6 is 0 Å². The molecule has 1 N–H and O–H groups in total. The van der Waals surface area contributed by atoms with Crippen molar-refractivity contribution in [3.05, 3.63) is 33.9 Å². The van der Waals surface area contributed by atoms with Gasteiger partial charge in [0, 0.05) is 37.3 Å². The van der Waals surface area contributed by atoms with Crippen LogP contribution in [0.3, 0.4) is 0 Å². The Bertz CT molecular complexity index is 561. The van der Waals surface area contributed by atoms with E-state index in [9.17, 15) is 20.0 Å². The monoisotopic (exact) mass is 293 g/mol. The maximum Gasteiger partial charge on any atom is 0.310 e. The Kier molecular flexibility index (Phi) is 4.42. The van der Waals surface area contributed by atoms with Crippen molar-refractivity contribution < 1.29 is 14.8 Å². The van der Waals surface area contributed by atoms with Gasteiger partial charge < -0.3 is 10.0 Å². The number of nitrogens with zero attached hydrogens (tertiary/aromatic N) is 3. The molecule has 1 saturated heterocycles. The standard InChI is InChI=1S/C14H19N3O4/c1-3-15-6-7-16(9-10(15)2)14(19)11-4-5-12(17(20)21)13(18)8-11/h4-5,8,10,18H,3,6-7,9H2,1-2H3. The van der Waals surface area contributed by atoms with Crippen LogP contribution in [0.4, 0.5) is 5.69 Å². The van der Waals surface area contributed by atoms with E-state index in [1.54, 1.807) is 4.90 Å².